The van der Waals surface area contributed by atoms with Gasteiger partial charge in [-0.3, -0.25) is 4.79 Å². The number of carbonyl (C=O) groups excluding carboxylic acids is 1. The van der Waals surface area contributed by atoms with Gasteiger partial charge in [0.2, 0.25) is 6.29 Å². The summed E-state index contributed by atoms with van der Waals surface area (Å²) >= 11 is 0. The molecule has 0 heterocycles. The lowest BCUT2D eigenvalue weighted by atomic mass is 9.89. The third kappa shape index (κ3) is 2.26. The van der Waals surface area contributed by atoms with E-state index in [9.17, 15) is 4.79 Å². The highest BCUT2D eigenvalue weighted by atomic mass is 16.5. The Bertz CT molecular complexity index is 346. The molecule has 1 radical (unpaired) electrons. The first-order valence-electron chi connectivity index (χ1n) is 5.42. The zero-order chi connectivity index (χ0) is 10.7. The van der Waals surface area contributed by atoms with Crippen LogP contribution >= 0.6 is 0 Å². The van der Waals surface area contributed by atoms with E-state index >= 15 is 0 Å². The number of rotatable bonds is 3. The van der Waals surface area contributed by atoms with Crippen LogP contribution in [0, 0.1) is 0 Å². The second-order valence-electron chi connectivity index (χ2n) is 3.98. The van der Waals surface area contributed by atoms with E-state index in [0.717, 1.165) is 19.3 Å². The van der Waals surface area contributed by atoms with Gasteiger partial charge in [0, 0.05) is 0 Å². The molecule has 0 N–H and O–H groups in total. The van der Waals surface area contributed by atoms with Gasteiger partial charge >= 0.3 is 0 Å². The highest BCUT2D eigenvalue weighted by molar-refractivity contribution is 5.56. The highest BCUT2D eigenvalue weighted by Gasteiger charge is 2.21. The van der Waals surface area contributed by atoms with Crippen molar-refractivity contribution in [2.24, 2.45) is 0 Å². The van der Waals surface area contributed by atoms with Crippen molar-refractivity contribution in [2.75, 3.05) is 0 Å². The molecule has 1 aromatic rings. The molecule has 2 rings (SSSR count). The topological polar surface area (TPSA) is 26.3 Å². The second-order valence-corrected chi connectivity index (χ2v) is 3.98. The molecular formula is C13H15O2. The maximum Gasteiger partial charge on any atom is 0.229 e. The average molecular weight is 203 g/mol. The lowest BCUT2D eigenvalue weighted by molar-refractivity contribution is 0.0196. The predicted octanol–water partition coefficient (Wildman–Crippen LogP) is 2.58. The zero-order valence-electron chi connectivity index (χ0n) is 8.90. The molecule has 79 valence electrons. The summed E-state index contributed by atoms with van der Waals surface area (Å²) in [6, 6.07) is 8.31. The maximum atomic E-state index is 10.4. The van der Waals surface area contributed by atoms with E-state index in [2.05, 4.69) is 18.2 Å². The van der Waals surface area contributed by atoms with E-state index in [1.165, 1.54) is 11.1 Å². The van der Waals surface area contributed by atoms with E-state index in [1.54, 1.807) is 6.92 Å². The number of aryl methyl sites for hydroxylation is 1. The predicted molar refractivity (Wildman–Crippen MR) is 58.4 cm³/mol. The van der Waals surface area contributed by atoms with Crippen LogP contribution in [0.3, 0.4) is 0 Å². The molecule has 2 unspecified atom stereocenters. The molecule has 2 heteroatoms. The fourth-order valence-electron chi connectivity index (χ4n) is 2.12. The molecule has 1 aliphatic rings. The van der Waals surface area contributed by atoms with Gasteiger partial charge in [-0.2, -0.15) is 0 Å². The Labute approximate surface area is 90.3 Å². The molecule has 1 aliphatic carbocycles. The van der Waals surface area contributed by atoms with Crippen molar-refractivity contribution in [3.8, 4) is 0 Å². The molecule has 2 atom stereocenters. The van der Waals surface area contributed by atoms with E-state index in [4.69, 9.17) is 4.74 Å². The molecule has 2 nitrogen and oxygen atoms in total. The van der Waals surface area contributed by atoms with E-state index in [0.29, 0.717) is 0 Å². The molecule has 1 aromatic carbocycles. The molecule has 0 amide bonds. The van der Waals surface area contributed by atoms with Crippen LogP contribution in [0.5, 0.6) is 0 Å². The number of benzene rings is 1. The van der Waals surface area contributed by atoms with E-state index < -0.39 is 6.10 Å². The fourth-order valence-corrected chi connectivity index (χ4v) is 2.12. The average Bonchev–Trinajstić information content (AvgIpc) is 2.29. The van der Waals surface area contributed by atoms with Crippen LogP contribution in [-0.4, -0.2) is 12.4 Å². The van der Waals surface area contributed by atoms with Gasteiger partial charge in [-0.25, -0.2) is 0 Å². The second kappa shape index (κ2) is 4.58. The molecule has 15 heavy (non-hydrogen) atoms. The van der Waals surface area contributed by atoms with Gasteiger partial charge in [-0.15, -0.1) is 0 Å². The summed E-state index contributed by atoms with van der Waals surface area (Å²) in [4.78, 5) is 10.4. The number of fused-ring (bicyclic) bond motifs is 1. The Balaban J connectivity index is 2.18. The first kappa shape index (κ1) is 10.4. The number of hydrogen-bond acceptors (Lipinski definition) is 2. The molecule has 0 saturated carbocycles. The molecule has 0 aliphatic heterocycles. The minimum Gasteiger partial charge on any atom is -0.362 e. The van der Waals surface area contributed by atoms with Crippen LogP contribution < -0.4 is 0 Å². The van der Waals surface area contributed by atoms with Gasteiger partial charge in [-0.05, 0) is 37.3 Å². The third-order valence-corrected chi connectivity index (χ3v) is 2.85. The van der Waals surface area contributed by atoms with Crippen LogP contribution in [0.25, 0.3) is 0 Å². The smallest absolute Gasteiger partial charge is 0.229 e. The summed E-state index contributed by atoms with van der Waals surface area (Å²) in [5, 5.41) is 0. The van der Waals surface area contributed by atoms with Crippen LogP contribution in [-0.2, 0) is 16.0 Å². The van der Waals surface area contributed by atoms with Crippen LogP contribution in [0.4, 0.5) is 0 Å². The van der Waals surface area contributed by atoms with Gasteiger partial charge in [0.25, 0.3) is 0 Å². The molecular weight excluding hydrogens is 188 g/mol. The molecule has 0 fully saturated rings. The molecule has 0 aromatic heterocycles. The Morgan fingerprint density at radius 3 is 3.07 bits per heavy atom. The quantitative estimate of drug-likeness (QED) is 0.754. The maximum absolute atomic E-state index is 10.4. The van der Waals surface area contributed by atoms with Gasteiger partial charge in [0.1, 0.15) is 6.10 Å². The summed E-state index contributed by atoms with van der Waals surface area (Å²) < 4.78 is 5.64. The molecule has 0 saturated heterocycles. The Morgan fingerprint density at radius 2 is 2.27 bits per heavy atom. The van der Waals surface area contributed by atoms with Crippen molar-refractivity contribution in [3.05, 3.63) is 35.4 Å². The Kier molecular flexibility index (Phi) is 3.17. The largest absolute Gasteiger partial charge is 0.362 e. The standard InChI is InChI=1S/C13H15O2/c1-10(9-14)15-13-8-4-6-11-5-2-3-7-12(11)13/h2-3,5,7,10,13H,4,6,8H2,1H3. The molecule has 0 spiro atoms. The van der Waals surface area contributed by atoms with E-state index in [1.807, 2.05) is 12.4 Å². The Morgan fingerprint density at radius 1 is 1.47 bits per heavy atom. The SMILES string of the molecule is CC([C]=O)OC1CCCc2ccccc21. The van der Waals surface area contributed by atoms with Gasteiger partial charge in [0.05, 0.1) is 6.10 Å². The summed E-state index contributed by atoms with van der Waals surface area (Å²) in [5.74, 6) is 0. The zero-order valence-corrected chi connectivity index (χ0v) is 8.90. The Hall–Kier alpha value is -1.15. The van der Waals surface area contributed by atoms with Gasteiger partial charge in [0.15, 0.2) is 0 Å². The first-order chi connectivity index (χ1) is 7.31. The minimum atomic E-state index is -0.429. The van der Waals surface area contributed by atoms with Crippen molar-refractivity contribution in [3.63, 3.8) is 0 Å². The lowest BCUT2D eigenvalue weighted by Gasteiger charge is -2.26. The monoisotopic (exact) mass is 203 g/mol. The fraction of sp³-hybridized carbons (Fsp3) is 0.462. The summed E-state index contributed by atoms with van der Waals surface area (Å²) in [5.41, 5.74) is 2.60. The summed E-state index contributed by atoms with van der Waals surface area (Å²) in [6.45, 7) is 1.74. The lowest BCUT2D eigenvalue weighted by Crippen LogP contribution is -2.18. The number of ether oxygens (including phenoxy) is 1. The third-order valence-electron chi connectivity index (χ3n) is 2.85. The number of hydrogen-bond donors (Lipinski definition) is 0. The van der Waals surface area contributed by atoms with Crippen molar-refractivity contribution < 1.29 is 9.53 Å². The van der Waals surface area contributed by atoms with Crippen LogP contribution in [0.15, 0.2) is 24.3 Å². The molecule has 0 bridgehead atoms. The van der Waals surface area contributed by atoms with Crippen molar-refractivity contribution >= 4 is 6.29 Å². The normalized spacial score (nSPS) is 21.8. The van der Waals surface area contributed by atoms with Gasteiger partial charge in [-0.1, -0.05) is 24.3 Å². The highest BCUT2D eigenvalue weighted by Crippen LogP contribution is 2.32. The van der Waals surface area contributed by atoms with Crippen molar-refractivity contribution in [2.45, 2.75) is 38.4 Å². The van der Waals surface area contributed by atoms with Crippen molar-refractivity contribution in [1.29, 1.82) is 0 Å². The van der Waals surface area contributed by atoms with Crippen LogP contribution in [0.1, 0.15) is 37.0 Å². The minimum absolute atomic E-state index is 0.0754. The first-order valence-corrected chi connectivity index (χ1v) is 5.42. The van der Waals surface area contributed by atoms with Crippen LogP contribution in [0.2, 0.25) is 0 Å². The summed E-state index contributed by atoms with van der Waals surface area (Å²) in [6.07, 6.45) is 4.77. The van der Waals surface area contributed by atoms with Gasteiger partial charge < -0.3 is 4.74 Å². The summed E-state index contributed by atoms with van der Waals surface area (Å²) in [7, 11) is 0. The van der Waals surface area contributed by atoms with E-state index in [-0.39, 0.29) is 6.10 Å². The van der Waals surface area contributed by atoms with Crippen molar-refractivity contribution in [1.82, 2.24) is 0 Å².